The number of para-hydroxylation sites is 2. The van der Waals surface area contributed by atoms with Gasteiger partial charge in [-0.25, -0.2) is 4.98 Å². The molecule has 1 aromatic carbocycles. The lowest BCUT2D eigenvalue weighted by atomic mass is 9.77. The molecular weight excluding hydrogens is 324 g/mol. The SMILES string of the molecule is O[C@@H]1C[C@H]2CN(Cc3ccncc3)C[C@H]2C[C@H]1n1cnc2ccccc21. The van der Waals surface area contributed by atoms with Gasteiger partial charge in [-0.1, -0.05) is 12.1 Å². The molecule has 5 nitrogen and oxygen atoms in total. The molecular formula is C21H24N4O. The summed E-state index contributed by atoms with van der Waals surface area (Å²) in [6.45, 7) is 3.18. The van der Waals surface area contributed by atoms with E-state index in [0.29, 0.717) is 11.8 Å². The van der Waals surface area contributed by atoms with Crippen LogP contribution in [0.2, 0.25) is 0 Å². The molecule has 0 radical (unpaired) electrons. The highest BCUT2D eigenvalue weighted by molar-refractivity contribution is 5.75. The molecule has 5 heteroatoms. The summed E-state index contributed by atoms with van der Waals surface area (Å²) in [5.74, 6) is 1.24. The van der Waals surface area contributed by atoms with Gasteiger partial charge in [0, 0.05) is 32.0 Å². The summed E-state index contributed by atoms with van der Waals surface area (Å²) >= 11 is 0. The van der Waals surface area contributed by atoms with Gasteiger partial charge in [0.15, 0.2) is 0 Å². The maximum Gasteiger partial charge on any atom is 0.0961 e. The Kier molecular flexibility index (Phi) is 3.98. The fraction of sp³-hybridized carbons (Fsp3) is 0.429. The summed E-state index contributed by atoms with van der Waals surface area (Å²) in [7, 11) is 0. The molecule has 0 unspecified atom stereocenters. The van der Waals surface area contributed by atoms with Crippen molar-refractivity contribution in [3.05, 3.63) is 60.7 Å². The first kappa shape index (κ1) is 16.0. The van der Waals surface area contributed by atoms with Crippen molar-refractivity contribution in [3.63, 3.8) is 0 Å². The number of hydrogen-bond donors (Lipinski definition) is 1. The number of likely N-dealkylation sites (tertiary alicyclic amines) is 1. The summed E-state index contributed by atoms with van der Waals surface area (Å²) in [6.07, 6.45) is 7.25. The minimum absolute atomic E-state index is 0.129. The van der Waals surface area contributed by atoms with Crippen LogP contribution in [0.25, 0.3) is 11.0 Å². The Labute approximate surface area is 153 Å². The van der Waals surface area contributed by atoms with Gasteiger partial charge in [0.05, 0.1) is 29.5 Å². The van der Waals surface area contributed by atoms with Gasteiger partial charge in [0.1, 0.15) is 0 Å². The maximum absolute atomic E-state index is 10.8. The Morgan fingerprint density at radius 1 is 1.00 bits per heavy atom. The van der Waals surface area contributed by atoms with Crippen LogP contribution in [0.15, 0.2) is 55.1 Å². The molecule has 1 aliphatic heterocycles. The first-order valence-electron chi connectivity index (χ1n) is 9.49. The lowest BCUT2D eigenvalue weighted by Gasteiger charge is -2.36. The Bertz CT molecular complexity index is 893. The predicted molar refractivity (Wildman–Crippen MR) is 101 cm³/mol. The second kappa shape index (κ2) is 6.49. The van der Waals surface area contributed by atoms with E-state index in [1.165, 1.54) is 5.56 Å². The highest BCUT2D eigenvalue weighted by Gasteiger charge is 2.42. The van der Waals surface area contributed by atoms with Gasteiger partial charge < -0.3 is 9.67 Å². The van der Waals surface area contributed by atoms with Gasteiger partial charge in [-0.2, -0.15) is 0 Å². The van der Waals surface area contributed by atoms with Crippen LogP contribution >= 0.6 is 0 Å². The van der Waals surface area contributed by atoms with E-state index in [1.54, 1.807) is 0 Å². The number of aliphatic hydroxyl groups excluding tert-OH is 1. The molecule has 5 rings (SSSR count). The number of hydrogen-bond acceptors (Lipinski definition) is 4. The van der Waals surface area contributed by atoms with Crippen LogP contribution in [0.4, 0.5) is 0 Å². The van der Waals surface area contributed by atoms with Gasteiger partial charge in [0.25, 0.3) is 0 Å². The van der Waals surface area contributed by atoms with Crippen molar-refractivity contribution in [1.29, 1.82) is 0 Å². The molecule has 0 bridgehead atoms. The van der Waals surface area contributed by atoms with Crippen molar-refractivity contribution in [2.45, 2.75) is 31.5 Å². The minimum Gasteiger partial charge on any atom is -0.391 e. The number of fused-ring (bicyclic) bond motifs is 2. The summed E-state index contributed by atoms with van der Waals surface area (Å²) in [4.78, 5) is 11.2. The number of aliphatic hydroxyl groups is 1. The van der Waals surface area contributed by atoms with Gasteiger partial charge in [0.2, 0.25) is 0 Å². The number of aromatic nitrogens is 3. The van der Waals surface area contributed by atoms with Gasteiger partial charge >= 0.3 is 0 Å². The number of imidazole rings is 1. The van der Waals surface area contributed by atoms with E-state index in [4.69, 9.17) is 0 Å². The van der Waals surface area contributed by atoms with Crippen molar-refractivity contribution in [3.8, 4) is 0 Å². The number of nitrogens with zero attached hydrogens (tertiary/aromatic N) is 4. The van der Waals surface area contributed by atoms with Gasteiger partial charge in [-0.3, -0.25) is 9.88 Å². The first-order chi connectivity index (χ1) is 12.8. The summed E-state index contributed by atoms with van der Waals surface area (Å²) in [5.41, 5.74) is 3.45. The predicted octanol–water partition coefficient (Wildman–Crippen LogP) is 2.88. The zero-order chi connectivity index (χ0) is 17.5. The van der Waals surface area contributed by atoms with Crippen LogP contribution in [-0.2, 0) is 6.54 Å². The molecule has 0 amide bonds. The third-order valence-electron chi connectivity index (χ3n) is 6.18. The molecule has 26 heavy (non-hydrogen) atoms. The number of pyridine rings is 1. The molecule has 1 saturated carbocycles. The number of rotatable bonds is 3. The van der Waals surface area contributed by atoms with E-state index in [0.717, 1.165) is 43.5 Å². The Hall–Kier alpha value is -2.24. The Morgan fingerprint density at radius 3 is 2.62 bits per heavy atom. The monoisotopic (exact) mass is 348 g/mol. The number of benzene rings is 1. The van der Waals surface area contributed by atoms with Crippen LogP contribution < -0.4 is 0 Å². The van der Waals surface area contributed by atoms with E-state index in [1.807, 2.05) is 36.9 Å². The second-order valence-electron chi connectivity index (χ2n) is 7.82. The molecule has 2 aromatic heterocycles. The molecule has 1 aliphatic carbocycles. The van der Waals surface area contributed by atoms with Gasteiger partial charge in [-0.05, 0) is 54.5 Å². The van der Waals surface area contributed by atoms with Crippen molar-refractivity contribution in [2.24, 2.45) is 11.8 Å². The fourth-order valence-electron chi connectivity index (χ4n) is 4.92. The molecule has 2 aliphatic rings. The van der Waals surface area contributed by atoms with E-state index >= 15 is 0 Å². The van der Waals surface area contributed by atoms with Gasteiger partial charge in [-0.15, -0.1) is 0 Å². The Balaban J connectivity index is 1.34. The topological polar surface area (TPSA) is 54.2 Å². The second-order valence-corrected chi connectivity index (χ2v) is 7.82. The summed E-state index contributed by atoms with van der Waals surface area (Å²) < 4.78 is 2.20. The van der Waals surface area contributed by atoms with Crippen molar-refractivity contribution >= 4 is 11.0 Å². The van der Waals surface area contributed by atoms with Crippen LogP contribution in [0.3, 0.4) is 0 Å². The van der Waals surface area contributed by atoms with Crippen LogP contribution in [0.1, 0.15) is 24.4 Å². The first-order valence-corrected chi connectivity index (χ1v) is 9.49. The lowest BCUT2D eigenvalue weighted by Crippen LogP contribution is -2.36. The largest absolute Gasteiger partial charge is 0.391 e. The molecule has 3 aromatic rings. The van der Waals surface area contributed by atoms with E-state index in [-0.39, 0.29) is 12.1 Å². The average Bonchev–Trinajstić information content (AvgIpc) is 3.25. The normalized spacial score (nSPS) is 29.1. The quantitative estimate of drug-likeness (QED) is 0.791. The highest BCUT2D eigenvalue weighted by atomic mass is 16.3. The summed E-state index contributed by atoms with van der Waals surface area (Å²) in [6, 6.07) is 12.5. The third-order valence-corrected chi connectivity index (χ3v) is 6.18. The van der Waals surface area contributed by atoms with Crippen LogP contribution in [0, 0.1) is 11.8 Å². The maximum atomic E-state index is 10.8. The zero-order valence-corrected chi connectivity index (χ0v) is 14.8. The molecule has 1 saturated heterocycles. The van der Waals surface area contributed by atoms with Crippen LogP contribution in [0.5, 0.6) is 0 Å². The highest BCUT2D eigenvalue weighted by Crippen LogP contribution is 2.42. The van der Waals surface area contributed by atoms with Crippen molar-refractivity contribution in [1.82, 2.24) is 19.4 Å². The molecule has 4 atom stereocenters. The lowest BCUT2D eigenvalue weighted by molar-refractivity contribution is 0.0374. The average molecular weight is 348 g/mol. The van der Waals surface area contributed by atoms with Crippen molar-refractivity contribution < 1.29 is 5.11 Å². The van der Waals surface area contributed by atoms with E-state index in [2.05, 4.69) is 37.6 Å². The fourth-order valence-corrected chi connectivity index (χ4v) is 4.92. The van der Waals surface area contributed by atoms with Crippen LogP contribution in [-0.4, -0.2) is 43.7 Å². The molecule has 0 spiro atoms. The van der Waals surface area contributed by atoms with E-state index in [9.17, 15) is 5.11 Å². The molecule has 1 N–H and O–H groups in total. The molecule has 2 fully saturated rings. The van der Waals surface area contributed by atoms with E-state index < -0.39 is 0 Å². The zero-order valence-electron chi connectivity index (χ0n) is 14.8. The smallest absolute Gasteiger partial charge is 0.0961 e. The summed E-state index contributed by atoms with van der Waals surface area (Å²) in [5, 5.41) is 10.8. The minimum atomic E-state index is -0.297. The Morgan fingerprint density at radius 2 is 1.77 bits per heavy atom. The molecule has 3 heterocycles. The van der Waals surface area contributed by atoms with Crippen molar-refractivity contribution in [2.75, 3.05) is 13.1 Å². The standard InChI is InChI=1S/C21H24N4O/c26-21-10-17-13-24(11-15-5-7-22-8-6-15)12-16(17)9-20(21)25-14-23-18-3-1-2-4-19(18)25/h1-8,14,16-17,20-21,26H,9-13H2/t16-,17+,20-,21-/m1/s1. The third kappa shape index (κ3) is 2.81. The molecule has 134 valence electrons.